The van der Waals surface area contributed by atoms with Gasteiger partial charge in [-0.25, -0.2) is 0 Å². The second-order valence-electron chi connectivity index (χ2n) is 8.35. The minimum absolute atomic E-state index is 0.155. The first-order chi connectivity index (χ1) is 15.3. The van der Waals surface area contributed by atoms with Crippen molar-refractivity contribution in [2.45, 2.75) is 25.7 Å². The van der Waals surface area contributed by atoms with E-state index in [-0.39, 0.29) is 5.91 Å². The van der Waals surface area contributed by atoms with Crippen molar-refractivity contribution in [2.75, 3.05) is 13.1 Å². The van der Waals surface area contributed by atoms with E-state index in [1.807, 2.05) is 29.2 Å². The lowest BCUT2D eigenvalue weighted by atomic mass is 9.82. The molecule has 1 saturated heterocycles. The van der Waals surface area contributed by atoms with Crippen molar-refractivity contribution in [1.29, 1.82) is 0 Å². The molecule has 1 aliphatic carbocycles. The van der Waals surface area contributed by atoms with Gasteiger partial charge in [-0.05, 0) is 59.1 Å². The first kappa shape index (κ1) is 19.6. The van der Waals surface area contributed by atoms with E-state index in [0.717, 1.165) is 61.0 Å². The van der Waals surface area contributed by atoms with Crippen LogP contribution in [0.4, 0.5) is 0 Å². The van der Waals surface area contributed by atoms with Crippen molar-refractivity contribution in [3.8, 4) is 0 Å². The first-order valence-electron chi connectivity index (χ1n) is 11.2. The number of hydrogen-bond donors (Lipinski definition) is 0. The van der Waals surface area contributed by atoms with Crippen molar-refractivity contribution in [3.63, 3.8) is 0 Å². The highest BCUT2D eigenvalue weighted by atomic mass is 16.2. The van der Waals surface area contributed by atoms with Gasteiger partial charge >= 0.3 is 0 Å². The number of carbonyl (C=O) groups excluding carboxylic acids is 1. The van der Waals surface area contributed by atoms with Gasteiger partial charge in [0.1, 0.15) is 0 Å². The van der Waals surface area contributed by atoms with Crippen LogP contribution in [-0.2, 0) is 11.2 Å². The quantitative estimate of drug-likeness (QED) is 0.371. The highest BCUT2D eigenvalue weighted by Crippen LogP contribution is 2.39. The van der Waals surface area contributed by atoms with Crippen LogP contribution in [0.3, 0.4) is 0 Å². The lowest BCUT2D eigenvalue weighted by molar-refractivity contribution is -0.123. The largest absolute Gasteiger partial charge is 0.339 e. The lowest BCUT2D eigenvalue weighted by Crippen LogP contribution is -2.29. The average molecular weight is 406 g/mol. The van der Waals surface area contributed by atoms with E-state index in [1.165, 1.54) is 16.7 Å². The fourth-order valence-corrected chi connectivity index (χ4v) is 4.78. The van der Waals surface area contributed by atoms with E-state index in [1.54, 1.807) is 0 Å². The van der Waals surface area contributed by atoms with Gasteiger partial charge in [0.2, 0.25) is 0 Å². The Kier molecular flexibility index (Phi) is 5.54. The summed E-state index contributed by atoms with van der Waals surface area (Å²) in [5, 5.41) is 0. The van der Waals surface area contributed by atoms with Gasteiger partial charge in [-0.1, -0.05) is 91.0 Å². The van der Waals surface area contributed by atoms with E-state index in [4.69, 9.17) is 0 Å². The van der Waals surface area contributed by atoms with Crippen molar-refractivity contribution in [3.05, 3.63) is 113 Å². The number of rotatable bonds is 4. The Labute approximate surface area is 184 Å². The number of aryl methyl sites for hydroxylation is 1. The summed E-state index contributed by atoms with van der Waals surface area (Å²) in [7, 11) is 0. The molecule has 0 spiro atoms. The van der Waals surface area contributed by atoms with Gasteiger partial charge in [-0.15, -0.1) is 0 Å². The van der Waals surface area contributed by atoms with Gasteiger partial charge < -0.3 is 4.90 Å². The van der Waals surface area contributed by atoms with Crippen LogP contribution in [0.5, 0.6) is 0 Å². The van der Waals surface area contributed by atoms with Crippen LogP contribution in [0.15, 0.2) is 90.5 Å². The predicted octanol–water partition coefficient (Wildman–Crippen LogP) is 6.25. The third-order valence-electron chi connectivity index (χ3n) is 6.35. The molecule has 1 fully saturated rings. The molecule has 1 aliphatic heterocycles. The summed E-state index contributed by atoms with van der Waals surface area (Å²) >= 11 is 0. The maximum atomic E-state index is 13.9. The van der Waals surface area contributed by atoms with Crippen LogP contribution >= 0.6 is 0 Å². The van der Waals surface area contributed by atoms with Gasteiger partial charge in [0.25, 0.3) is 5.91 Å². The normalized spacial score (nSPS) is 16.4. The Balaban J connectivity index is 1.76. The highest BCUT2D eigenvalue weighted by molar-refractivity contribution is 6.29. The van der Waals surface area contributed by atoms with Crippen molar-refractivity contribution in [1.82, 2.24) is 4.90 Å². The molecule has 1 amide bonds. The molecule has 154 valence electrons. The van der Waals surface area contributed by atoms with Crippen molar-refractivity contribution in [2.24, 2.45) is 0 Å². The summed E-state index contributed by atoms with van der Waals surface area (Å²) in [6.45, 7) is 1.69. The molecule has 5 rings (SSSR count). The second-order valence-corrected chi connectivity index (χ2v) is 8.35. The summed E-state index contributed by atoms with van der Waals surface area (Å²) in [4.78, 5) is 15.9. The molecular weight excluding hydrogens is 378 g/mol. The summed E-state index contributed by atoms with van der Waals surface area (Å²) in [5.41, 5.74) is 7.91. The van der Waals surface area contributed by atoms with Crippen LogP contribution in [0.2, 0.25) is 0 Å². The fourth-order valence-electron chi connectivity index (χ4n) is 4.78. The van der Waals surface area contributed by atoms with Crippen LogP contribution in [0, 0.1) is 0 Å². The molecule has 2 aliphatic rings. The van der Waals surface area contributed by atoms with Crippen LogP contribution in [0.25, 0.3) is 17.2 Å². The summed E-state index contributed by atoms with van der Waals surface area (Å²) in [5.74, 6) is 0.155. The van der Waals surface area contributed by atoms with Crippen LogP contribution in [0.1, 0.15) is 41.5 Å². The maximum Gasteiger partial charge on any atom is 0.255 e. The number of benzene rings is 3. The summed E-state index contributed by atoms with van der Waals surface area (Å²) < 4.78 is 0. The van der Waals surface area contributed by atoms with Gasteiger partial charge in [-0.2, -0.15) is 0 Å². The van der Waals surface area contributed by atoms with E-state index in [2.05, 4.69) is 66.7 Å². The Morgan fingerprint density at radius 2 is 1.29 bits per heavy atom. The topological polar surface area (TPSA) is 20.3 Å². The number of nitrogens with zero attached hydrogens (tertiary/aromatic N) is 1. The van der Waals surface area contributed by atoms with Crippen molar-refractivity contribution >= 4 is 23.1 Å². The van der Waals surface area contributed by atoms with Crippen LogP contribution in [-0.4, -0.2) is 23.9 Å². The molecule has 2 nitrogen and oxygen atoms in total. The molecule has 0 unspecified atom stereocenters. The Bertz CT molecular complexity index is 1140. The van der Waals surface area contributed by atoms with Crippen LogP contribution < -0.4 is 0 Å². The Morgan fingerprint density at radius 1 is 0.677 bits per heavy atom. The molecule has 0 N–H and O–H groups in total. The molecule has 0 bridgehead atoms. The number of fused-ring (bicyclic) bond motifs is 1. The fraction of sp³-hybridized carbons (Fsp3) is 0.207. The van der Waals surface area contributed by atoms with Gasteiger partial charge in [-0.3, -0.25) is 4.79 Å². The standard InChI is InChI=1S/C29H27NO/c31-29(30-19-9-10-20-30)28(24-14-5-2-6-15-24)27(23-12-3-1-4-13-23)26-18-17-22-11-7-8-16-25(22)21-26/h1-8,11-16,21H,9-10,17-20H2/b28-27+. The van der Waals surface area contributed by atoms with E-state index in [9.17, 15) is 4.79 Å². The van der Waals surface area contributed by atoms with E-state index >= 15 is 0 Å². The van der Waals surface area contributed by atoms with Crippen molar-refractivity contribution < 1.29 is 4.79 Å². The highest BCUT2D eigenvalue weighted by Gasteiger charge is 2.28. The SMILES string of the molecule is O=C(/C(=C(/C1=Cc2ccccc2CC1)c1ccccc1)c1ccccc1)N1CCCC1. The molecular formula is C29H27NO. The number of allylic oxidation sites excluding steroid dienone is 2. The van der Waals surface area contributed by atoms with E-state index < -0.39 is 0 Å². The average Bonchev–Trinajstić information content (AvgIpc) is 3.38. The van der Waals surface area contributed by atoms with Gasteiger partial charge in [0.05, 0.1) is 5.57 Å². The van der Waals surface area contributed by atoms with Gasteiger partial charge in [0, 0.05) is 13.1 Å². The molecule has 1 heterocycles. The number of hydrogen-bond acceptors (Lipinski definition) is 1. The smallest absolute Gasteiger partial charge is 0.255 e. The molecule has 3 aromatic carbocycles. The molecule has 0 saturated carbocycles. The summed E-state index contributed by atoms with van der Waals surface area (Å²) in [6, 6.07) is 29.3. The molecule has 0 aromatic heterocycles. The zero-order valence-corrected chi connectivity index (χ0v) is 17.8. The Hall–Kier alpha value is -3.39. The molecule has 2 heteroatoms. The maximum absolute atomic E-state index is 13.9. The monoisotopic (exact) mass is 405 g/mol. The minimum atomic E-state index is 0.155. The third-order valence-corrected chi connectivity index (χ3v) is 6.35. The second kappa shape index (κ2) is 8.77. The lowest BCUT2D eigenvalue weighted by Gasteiger charge is -2.25. The summed E-state index contributed by atoms with van der Waals surface area (Å²) in [6.07, 6.45) is 6.40. The first-order valence-corrected chi connectivity index (χ1v) is 11.2. The zero-order chi connectivity index (χ0) is 21.0. The predicted molar refractivity (Wildman–Crippen MR) is 128 cm³/mol. The molecule has 0 radical (unpaired) electrons. The number of carbonyl (C=O) groups is 1. The molecule has 3 aromatic rings. The third kappa shape index (κ3) is 3.98. The van der Waals surface area contributed by atoms with Gasteiger partial charge in [0.15, 0.2) is 0 Å². The Morgan fingerprint density at radius 3 is 2.00 bits per heavy atom. The number of likely N-dealkylation sites (tertiary alicyclic amines) is 1. The number of amides is 1. The molecule has 0 atom stereocenters. The minimum Gasteiger partial charge on any atom is -0.339 e. The molecule has 31 heavy (non-hydrogen) atoms. The zero-order valence-electron chi connectivity index (χ0n) is 17.8. The van der Waals surface area contributed by atoms with E-state index in [0.29, 0.717) is 0 Å².